The molecule has 7 rings (SSSR count). The van der Waals surface area contributed by atoms with Crippen molar-refractivity contribution in [3.63, 3.8) is 0 Å². The first-order chi connectivity index (χ1) is 23.1. The van der Waals surface area contributed by atoms with Gasteiger partial charge in [0, 0.05) is 27.5 Å². The molecule has 0 spiro atoms. The van der Waals surface area contributed by atoms with E-state index in [4.69, 9.17) is 4.74 Å². The number of methoxy groups -OCH3 is 1. The number of nitrogens with zero attached hydrogens (tertiary/aromatic N) is 1. The molecule has 0 unspecified atom stereocenters. The van der Waals surface area contributed by atoms with Gasteiger partial charge in [0.2, 0.25) is 0 Å². The molecule has 0 atom stereocenters. The van der Waals surface area contributed by atoms with Gasteiger partial charge in [-0.25, -0.2) is 0 Å². The van der Waals surface area contributed by atoms with E-state index in [9.17, 15) is 4.79 Å². The van der Waals surface area contributed by atoms with E-state index in [1.54, 1.807) is 14.0 Å². The van der Waals surface area contributed by atoms with Crippen molar-refractivity contribution >= 4 is 50.0 Å². The van der Waals surface area contributed by atoms with Crippen LogP contribution in [0.2, 0.25) is 0 Å². The zero-order valence-electron chi connectivity index (χ0n) is 26.8. The third kappa shape index (κ3) is 5.36. The molecule has 3 nitrogen and oxygen atoms in total. The number of benzene rings is 7. The first-order valence-electron chi connectivity index (χ1n) is 15.9. The minimum absolute atomic E-state index is 0.0342. The van der Waals surface area contributed by atoms with Crippen LogP contribution in [-0.4, -0.2) is 12.9 Å². The SMILES string of the molecule is CO/C(C)=C(\C(C)=O)c1c2ccccc2c(N(c2ccccc2-c2ccccc2)c2ccccc2-c2ccccc2)c2ccccc12. The fourth-order valence-corrected chi connectivity index (χ4v) is 6.75. The molecule has 0 aromatic heterocycles. The van der Waals surface area contributed by atoms with Crippen LogP contribution >= 0.6 is 0 Å². The van der Waals surface area contributed by atoms with Gasteiger partial charge in [-0.15, -0.1) is 0 Å². The minimum Gasteiger partial charge on any atom is -0.501 e. The Morgan fingerprint density at radius 3 is 1.30 bits per heavy atom. The Morgan fingerprint density at radius 1 is 0.489 bits per heavy atom. The molecule has 0 saturated carbocycles. The Labute approximate surface area is 276 Å². The fraction of sp³-hybridized carbons (Fsp3) is 0.0682. The van der Waals surface area contributed by atoms with Crippen LogP contribution in [0, 0.1) is 0 Å². The number of ketones is 1. The predicted octanol–water partition coefficient (Wildman–Crippen LogP) is 11.8. The van der Waals surface area contributed by atoms with Gasteiger partial charge in [0.05, 0.1) is 29.7 Å². The number of rotatable bonds is 8. The summed E-state index contributed by atoms with van der Waals surface area (Å²) in [6.45, 7) is 3.49. The standard InChI is InChI=1S/C44H35NO2/c1-30(46)42(31(2)47-3)43-36-24-10-12-26-38(36)44(39-27-13-11-25-37(39)43)45(40-28-16-14-22-34(40)32-18-6-4-7-19-32)41-29-17-15-23-35(41)33-20-8-5-9-21-33/h4-29H,1-3H3/b42-31+. The Hall–Kier alpha value is -5.93. The number of Topliss-reactive ketones (excluding diaryl/α,β-unsaturated/α-hetero) is 1. The molecule has 0 bridgehead atoms. The molecular weight excluding hydrogens is 574 g/mol. The third-order valence-corrected chi connectivity index (χ3v) is 8.85. The number of ether oxygens (including phenoxy) is 1. The number of para-hydroxylation sites is 2. The smallest absolute Gasteiger partial charge is 0.163 e. The minimum atomic E-state index is -0.0342. The molecular formula is C44H35NO2. The molecule has 0 radical (unpaired) electrons. The molecule has 0 aliphatic carbocycles. The quantitative estimate of drug-likeness (QED) is 0.0975. The number of anilines is 3. The van der Waals surface area contributed by atoms with Crippen molar-refractivity contribution in [3.05, 3.63) is 169 Å². The Bertz CT molecular complexity index is 2130. The summed E-state index contributed by atoms with van der Waals surface area (Å²) in [6.07, 6.45) is 0. The van der Waals surface area contributed by atoms with Gasteiger partial charge in [-0.3, -0.25) is 4.79 Å². The lowest BCUT2D eigenvalue weighted by atomic mass is 9.87. The number of hydrogen-bond acceptors (Lipinski definition) is 3. The van der Waals surface area contributed by atoms with Gasteiger partial charge in [-0.1, -0.05) is 146 Å². The van der Waals surface area contributed by atoms with Crippen molar-refractivity contribution in [2.45, 2.75) is 13.8 Å². The van der Waals surface area contributed by atoms with Gasteiger partial charge in [0.25, 0.3) is 0 Å². The zero-order valence-corrected chi connectivity index (χ0v) is 26.8. The zero-order chi connectivity index (χ0) is 32.3. The van der Waals surface area contributed by atoms with E-state index in [1.165, 1.54) is 0 Å². The first-order valence-corrected chi connectivity index (χ1v) is 15.9. The van der Waals surface area contributed by atoms with Crippen molar-refractivity contribution in [2.75, 3.05) is 12.0 Å². The number of carbonyl (C=O) groups is 1. The second kappa shape index (κ2) is 12.8. The molecule has 228 valence electrons. The van der Waals surface area contributed by atoms with Crippen LogP contribution in [-0.2, 0) is 9.53 Å². The number of allylic oxidation sites excluding steroid dienone is 2. The normalized spacial score (nSPS) is 11.7. The average Bonchev–Trinajstić information content (AvgIpc) is 3.13. The van der Waals surface area contributed by atoms with Crippen LogP contribution in [0.25, 0.3) is 49.4 Å². The highest BCUT2D eigenvalue weighted by atomic mass is 16.5. The van der Waals surface area contributed by atoms with Crippen LogP contribution in [0.1, 0.15) is 19.4 Å². The number of carbonyl (C=O) groups excluding carboxylic acids is 1. The lowest BCUT2D eigenvalue weighted by Crippen LogP contribution is -2.14. The second-order valence-electron chi connectivity index (χ2n) is 11.6. The van der Waals surface area contributed by atoms with E-state index in [2.05, 4.69) is 150 Å². The molecule has 0 saturated heterocycles. The highest BCUT2D eigenvalue weighted by Crippen LogP contribution is 2.51. The van der Waals surface area contributed by atoms with Crippen LogP contribution < -0.4 is 4.90 Å². The molecule has 47 heavy (non-hydrogen) atoms. The summed E-state index contributed by atoms with van der Waals surface area (Å²) in [4.78, 5) is 15.8. The number of fused-ring (bicyclic) bond motifs is 2. The van der Waals surface area contributed by atoms with E-state index in [-0.39, 0.29) is 5.78 Å². The molecule has 0 amide bonds. The Kier molecular flexibility index (Phi) is 8.12. The topological polar surface area (TPSA) is 29.5 Å². The van der Waals surface area contributed by atoms with Crippen molar-refractivity contribution in [3.8, 4) is 22.3 Å². The van der Waals surface area contributed by atoms with Crippen molar-refractivity contribution in [2.24, 2.45) is 0 Å². The van der Waals surface area contributed by atoms with Crippen molar-refractivity contribution < 1.29 is 9.53 Å². The lowest BCUT2D eigenvalue weighted by molar-refractivity contribution is -0.111. The van der Waals surface area contributed by atoms with Gasteiger partial charge >= 0.3 is 0 Å². The highest BCUT2D eigenvalue weighted by Gasteiger charge is 2.27. The highest BCUT2D eigenvalue weighted by molar-refractivity contribution is 6.30. The van der Waals surface area contributed by atoms with Gasteiger partial charge in [-0.2, -0.15) is 0 Å². The van der Waals surface area contributed by atoms with E-state index in [0.717, 1.165) is 66.4 Å². The molecule has 7 aromatic carbocycles. The summed E-state index contributed by atoms with van der Waals surface area (Å²) in [5.74, 6) is 0.564. The van der Waals surface area contributed by atoms with Crippen molar-refractivity contribution in [1.29, 1.82) is 0 Å². The van der Waals surface area contributed by atoms with Gasteiger partial charge in [-0.05, 0) is 47.9 Å². The molecule has 0 fully saturated rings. The molecule has 3 heteroatoms. The van der Waals surface area contributed by atoms with Gasteiger partial charge < -0.3 is 9.64 Å². The van der Waals surface area contributed by atoms with Crippen LogP contribution in [0.3, 0.4) is 0 Å². The van der Waals surface area contributed by atoms with E-state index in [0.29, 0.717) is 11.3 Å². The fourth-order valence-electron chi connectivity index (χ4n) is 6.75. The van der Waals surface area contributed by atoms with Gasteiger partial charge in [0.15, 0.2) is 5.78 Å². The average molecular weight is 610 g/mol. The van der Waals surface area contributed by atoms with Crippen LogP contribution in [0.4, 0.5) is 17.1 Å². The van der Waals surface area contributed by atoms with E-state index in [1.807, 2.05) is 19.1 Å². The maximum Gasteiger partial charge on any atom is 0.163 e. The van der Waals surface area contributed by atoms with E-state index < -0.39 is 0 Å². The molecule has 0 N–H and O–H groups in total. The van der Waals surface area contributed by atoms with Crippen molar-refractivity contribution in [1.82, 2.24) is 0 Å². The van der Waals surface area contributed by atoms with Gasteiger partial charge in [0.1, 0.15) is 5.76 Å². The summed E-state index contributed by atoms with van der Waals surface area (Å²) in [5.41, 5.74) is 9.14. The summed E-state index contributed by atoms with van der Waals surface area (Å²) in [6, 6.07) is 55.2. The maximum absolute atomic E-state index is 13.3. The summed E-state index contributed by atoms with van der Waals surface area (Å²) >= 11 is 0. The Morgan fingerprint density at radius 2 is 0.872 bits per heavy atom. The molecule has 0 aliphatic rings. The summed E-state index contributed by atoms with van der Waals surface area (Å²) < 4.78 is 5.72. The predicted molar refractivity (Wildman–Crippen MR) is 197 cm³/mol. The molecule has 0 heterocycles. The number of hydrogen-bond donors (Lipinski definition) is 0. The molecule has 7 aromatic rings. The monoisotopic (exact) mass is 609 g/mol. The third-order valence-electron chi connectivity index (χ3n) is 8.85. The van der Waals surface area contributed by atoms with Crippen LogP contribution in [0.15, 0.2) is 163 Å². The van der Waals surface area contributed by atoms with E-state index >= 15 is 0 Å². The lowest BCUT2D eigenvalue weighted by Gasteiger charge is -2.32. The maximum atomic E-state index is 13.3. The second-order valence-corrected chi connectivity index (χ2v) is 11.6. The summed E-state index contributed by atoms with van der Waals surface area (Å²) in [7, 11) is 1.62. The Balaban J connectivity index is 1.68. The summed E-state index contributed by atoms with van der Waals surface area (Å²) in [5, 5.41) is 4.05. The largest absolute Gasteiger partial charge is 0.501 e. The van der Waals surface area contributed by atoms with Crippen LogP contribution in [0.5, 0.6) is 0 Å². The first kappa shape index (κ1) is 29.8. The molecule has 0 aliphatic heterocycles.